The third-order valence-electron chi connectivity index (χ3n) is 1.61. The molecule has 1 atom stereocenters. The Hall–Kier alpha value is -1.17. The van der Waals surface area contributed by atoms with Crippen LogP contribution in [0.3, 0.4) is 0 Å². The largest absolute Gasteiger partial charge is 0.382 e. The van der Waals surface area contributed by atoms with E-state index < -0.39 is 10.8 Å². The highest BCUT2D eigenvalue weighted by molar-refractivity contribution is 7.84. The maximum absolute atomic E-state index is 11.1. The first-order chi connectivity index (χ1) is 6.72. The molecule has 0 aliphatic carbocycles. The fraction of sp³-hybridized carbons (Fsp3) is 0.500. The predicted octanol–water partition coefficient (Wildman–Crippen LogP) is 0.239. The Morgan fingerprint density at radius 1 is 1.57 bits per heavy atom. The van der Waals surface area contributed by atoms with Gasteiger partial charge >= 0.3 is 0 Å². The highest BCUT2D eigenvalue weighted by Gasteiger charge is 1.97. The topological polar surface area (TPSA) is 80.9 Å². The van der Waals surface area contributed by atoms with Crippen LogP contribution in [0.15, 0.2) is 12.4 Å². The van der Waals surface area contributed by atoms with Crippen molar-refractivity contribution >= 4 is 22.4 Å². The van der Waals surface area contributed by atoms with Gasteiger partial charge < -0.3 is 11.1 Å². The van der Waals surface area contributed by atoms with Crippen molar-refractivity contribution in [3.8, 4) is 0 Å². The maximum atomic E-state index is 11.1. The Kier molecular flexibility index (Phi) is 4.31. The van der Waals surface area contributed by atoms with Crippen molar-refractivity contribution in [2.75, 3.05) is 29.1 Å². The molecule has 0 amide bonds. The molecule has 0 aromatic carbocycles. The predicted molar refractivity (Wildman–Crippen MR) is 58.5 cm³/mol. The second-order valence-electron chi connectivity index (χ2n) is 2.69. The number of rotatable bonds is 5. The summed E-state index contributed by atoms with van der Waals surface area (Å²) in [4.78, 5) is 7.88. The lowest BCUT2D eigenvalue weighted by Crippen LogP contribution is -2.13. The fourth-order valence-electron chi connectivity index (χ4n) is 0.904. The van der Waals surface area contributed by atoms with Gasteiger partial charge in [-0.3, -0.25) is 9.19 Å². The van der Waals surface area contributed by atoms with Crippen LogP contribution >= 0.6 is 0 Å². The van der Waals surface area contributed by atoms with Gasteiger partial charge in [-0.25, -0.2) is 4.98 Å². The maximum Gasteiger partial charge on any atom is 0.146 e. The molecule has 3 N–H and O–H groups in total. The normalized spacial score (nSPS) is 12.4. The molecule has 1 heterocycles. The Morgan fingerprint density at radius 3 is 3.00 bits per heavy atom. The van der Waals surface area contributed by atoms with Crippen molar-refractivity contribution in [1.29, 1.82) is 0 Å². The number of nitrogens with two attached hydrogens (primary N) is 1. The van der Waals surface area contributed by atoms with Gasteiger partial charge in [0.05, 0.1) is 12.4 Å². The lowest BCUT2D eigenvalue weighted by molar-refractivity contribution is 0.684. The van der Waals surface area contributed by atoms with Gasteiger partial charge in [0.15, 0.2) is 0 Å². The van der Waals surface area contributed by atoms with Gasteiger partial charge in [-0.05, 0) is 0 Å². The van der Waals surface area contributed by atoms with Crippen LogP contribution in [0.25, 0.3) is 0 Å². The summed E-state index contributed by atoms with van der Waals surface area (Å²) in [6.07, 6.45) is 3.07. The summed E-state index contributed by atoms with van der Waals surface area (Å²) >= 11 is 0. The molecule has 78 valence electrons. The average molecular weight is 214 g/mol. The highest BCUT2D eigenvalue weighted by atomic mass is 32.2. The minimum atomic E-state index is -0.748. The van der Waals surface area contributed by atoms with Crippen LogP contribution in [0.4, 0.5) is 11.6 Å². The zero-order valence-corrected chi connectivity index (χ0v) is 8.88. The summed E-state index contributed by atoms with van der Waals surface area (Å²) in [5, 5.41) is 3.00. The molecule has 1 unspecified atom stereocenters. The quantitative estimate of drug-likeness (QED) is 0.733. The molecule has 0 saturated carbocycles. The molecule has 0 aliphatic heterocycles. The zero-order valence-electron chi connectivity index (χ0n) is 8.06. The lowest BCUT2D eigenvalue weighted by Gasteiger charge is -2.04. The van der Waals surface area contributed by atoms with Crippen molar-refractivity contribution < 1.29 is 4.21 Å². The van der Waals surface area contributed by atoms with Gasteiger partial charge in [-0.1, -0.05) is 6.92 Å². The van der Waals surface area contributed by atoms with Crippen LogP contribution < -0.4 is 11.1 Å². The number of nitrogen functional groups attached to an aromatic ring is 1. The summed E-state index contributed by atoms with van der Waals surface area (Å²) in [7, 11) is -0.748. The average Bonchev–Trinajstić information content (AvgIpc) is 2.17. The van der Waals surface area contributed by atoms with Gasteiger partial charge in [-0.2, -0.15) is 0 Å². The van der Waals surface area contributed by atoms with E-state index in [9.17, 15) is 4.21 Å². The Morgan fingerprint density at radius 2 is 2.36 bits per heavy atom. The van der Waals surface area contributed by atoms with Crippen LogP contribution in [0.2, 0.25) is 0 Å². The smallest absolute Gasteiger partial charge is 0.146 e. The minimum absolute atomic E-state index is 0.381. The van der Waals surface area contributed by atoms with E-state index in [-0.39, 0.29) is 0 Å². The number of hydrogen-bond donors (Lipinski definition) is 2. The minimum Gasteiger partial charge on any atom is -0.382 e. The van der Waals surface area contributed by atoms with Crippen LogP contribution in [-0.2, 0) is 10.8 Å². The number of nitrogens with one attached hydrogen (secondary N) is 1. The van der Waals surface area contributed by atoms with Gasteiger partial charge in [0.2, 0.25) is 0 Å². The number of nitrogens with zero attached hydrogens (tertiary/aromatic N) is 2. The van der Waals surface area contributed by atoms with E-state index in [1.807, 2.05) is 6.92 Å². The van der Waals surface area contributed by atoms with Crippen molar-refractivity contribution in [2.45, 2.75) is 6.92 Å². The monoisotopic (exact) mass is 214 g/mol. The molecule has 0 spiro atoms. The van der Waals surface area contributed by atoms with E-state index in [0.717, 1.165) is 0 Å². The van der Waals surface area contributed by atoms with Gasteiger partial charge in [0.1, 0.15) is 11.6 Å². The van der Waals surface area contributed by atoms with Crippen molar-refractivity contribution in [3.63, 3.8) is 0 Å². The number of hydrogen-bond acceptors (Lipinski definition) is 5. The van der Waals surface area contributed by atoms with E-state index in [2.05, 4.69) is 15.3 Å². The van der Waals surface area contributed by atoms with E-state index in [4.69, 9.17) is 5.73 Å². The highest BCUT2D eigenvalue weighted by Crippen LogP contribution is 2.01. The van der Waals surface area contributed by atoms with Crippen molar-refractivity contribution in [1.82, 2.24) is 9.97 Å². The molecule has 0 fully saturated rings. The molecule has 0 aliphatic rings. The summed E-state index contributed by atoms with van der Waals surface area (Å²) in [6.45, 7) is 2.52. The SMILES string of the molecule is CCS(=O)CCNc1cncc(N)n1. The summed E-state index contributed by atoms with van der Waals surface area (Å²) in [5.74, 6) is 2.31. The first-order valence-electron chi connectivity index (χ1n) is 4.38. The van der Waals surface area contributed by atoms with Gasteiger partial charge in [0, 0.05) is 28.9 Å². The second kappa shape index (κ2) is 5.54. The molecular weight excluding hydrogens is 200 g/mol. The Bertz CT molecular complexity index is 318. The number of aromatic nitrogens is 2. The van der Waals surface area contributed by atoms with Crippen LogP contribution in [0.5, 0.6) is 0 Å². The molecule has 5 nitrogen and oxygen atoms in total. The molecule has 1 aromatic rings. The lowest BCUT2D eigenvalue weighted by atomic mass is 10.6. The zero-order chi connectivity index (χ0) is 10.4. The third kappa shape index (κ3) is 3.69. The molecule has 14 heavy (non-hydrogen) atoms. The summed E-state index contributed by atoms with van der Waals surface area (Å²) in [5.41, 5.74) is 5.44. The summed E-state index contributed by atoms with van der Waals surface area (Å²) < 4.78 is 11.1. The molecule has 1 aromatic heterocycles. The molecule has 0 bridgehead atoms. The Labute approximate surface area is 85.6 Å². The number of anilines is 2. The molecule has 0 saturated heterocycles. The Balaban J connectivity index is 2.35. The molecule has 0 radical (unpaired) electrons. The first-order valence-corrected chi connectivity index (χ1v) is 5.87. The first kappa shape index (κ1) is 10.9. The fourth-order valence-corrected chi connectivity index (χ4v) is 1.52. The van der Waals surface area contributed by atoms with E-state index in [1.165, 1.54) is 6.20 Å². The van der Waals surface area contributed by atoms with Crippen molar-refractivity contribution in [3.05, 3.63) is 12.4 Å². The third-order valence-corrected chi connectivity index (χ3v) is 2.91. The standard InChI is InChI=1S/C8H14N4OS/c1-2-14(13)4-3-11-8-6-10-5-7(9)12-8/h5-6H,2-4H2,1H3,(H3,9,11,12). The molecular formula is C8H14N4OS. The second-order valence-corrected chi connectivity index (χ2v) is 4.55. The van der Waals surface area contributed by atoms with E-state index in [1.54, 1.807) is 6.20 Å². The van der Waals surface area contributed by atoms with Crippen molar-refractivity contribution in [2.24, 2.45) is 0 Å². The van der Waals surface area contributed by atoms with E-state index in [0.29, 0.717) is 29.7 Å². The molecule has 6 heteroatoms. The van der Waals surface area contributed by atoms with Gasteiger partial charge in [-0.15, -0.1) is 0 Å². The van der Waals surface area contributed by atoms with Crippen LogP contribution in [0.1, 0.15) is 6.92 Å². The van der Waals surface area contributed by atoms with E-state index >= 15 is 0 Å². The van der Waals surface area contributed by atoms with Crippen LogP contribution in [-0.4, -0.2) is 32.2 Å². The molecule has 1 rings (SSSR count). The summed E-state index contributed by atoms with van der Waals surface area (Å²) in [6, 6.07) is 0. The van der Waals surface area contributed by atoms with Gasteiger partial charge in [0.25, 0.3) is 0 Å². The van der Waals surface area contributed by atoms with Crippen LogP contribution in [0, 0.1) is 0 Å².